The Bertz CT molecular complexity index is 1280. The predicted octanol–water partition coefficient (Wildman–Crippen LogP) is 9.88. The summed E-state index contributed by atoms with van der Waals surface area (Å²) in [4.78, 5) is 0. The molecule has 0 bridgehead atoms. The largest absolute Gasteiger partial charge is 0.141 e. The zero-order chi connectivity index (χ0) is 16.3. The van der Waals surface area contributed by atoms with Crippen molar-refractivity contribution < 1.29 is 0 Å². The molecule has 0 unspecified atom stereocenters. The molecule has 6 aromatic heterocycles. The molecule has 0 radical (unpaired) electrons. The standard InChI is InChI=1S/2C8H3BrS3/c9-4-3-11-8-6(4)12-5-1-2-10-7(5)8;9-6-3-5-8(12-6)7-4(11-5)1-2-10-7/h2*1-3H. The van der Waals surface area contributed by atoms with Crippen molar-refractivity contribution in [2.24, 2.45) is 0 Å². The molecule has 0 saturated heterocycles. The quantitative estimate of drug-likeness (QED) is 0.177. The third kappa shape index (κ3) is 2.66. The van der Waals surface area contributed by atoms with Gasteiger partial charge in [-0.25, -0.2) is 0 Å². The Kier molecular flexibility index (Phi) is 4.38. The van der Waals surface area contributed by atoms with Crippen LogP contribution in [0.5, 0.6) is 0 Å². The van der Waals surface area contributed by atoms with Gasteiger partial charge in [-0.2, -0.15) is 0 Å². The van der Waals surface area contributed by atoms with E-state index in [1.165, 1.54) is 45.9 Å². The molecule has 0 saturated carbocycles. The monoisotopic (exact) mass is 548 g/mol. The summed E-state index contributed by atoms with van der Waals surface area (Å²) < 4.78 is 13.9. The molecule has 0 fully saturated rings. The molecule has 0 aliphatic rings. The lowest BCUT2D eigenvalue weighted by molar-refractivity contribution is 2.09. The molecule has 24 heavy (non-hydrogen) atoms. The maximum absolute atomic E-state index is 3.56. The van der Waals surface area contributed by atoms with Crippen molar-refractivity contribution in [1.29, 1.82) is 0 Å². The van der Waals surface area contributed by atoms with E-state index >= 15 is 0 Å². The molecule has 0 aromatic carbocycles. The Morgan fingerprint density at radius 1 is 0.625 bits per heavy atom. The normalized spacial score (nSPS) is 11.8. The summed E-state index contributed by atoms with van der Waals surface area (Å²) in [5, 5.41) is 6.49. The molecule has 0 amide bonds. The average Bonchev–Trinajstić information content (AvgIpc) is 3.29. The first-order valence-electron chi connectivity index (χ1n) is 6.78. The molecular formula is C16H6Br2S6. The van der Waals surface area contributed by atoms with Crippen LogP contribution in [-0.2, 0) is 0 Å². The molecule has 8 heteroatoms. The number of hydrogen-bond acceptors (Lipinski definition) is 6. The Labute approximate surface area is 178 Å². The summed E-state index contributed by atoms with van der Waals surface area (Å²) in [6.45, 7) is 0. The van der Waals surface area contributed by atoms with Crippen molar-refractivity contribution in [3.63, 3.8) is 0 Å². The maximum atomic E-state index is 3.56. The molecule has 6 heterocycles. The highest BCUT2D eigenvalue weighted by Crippen LogP contribution is 2.44. The number of thiophene rings is 6. The van der Waals surface area contributed by atoms with E-state index in [0.29, 0.717) is 0 Å². The number of hydrogen-bond donors (Lipinski definition) is 0. The topological polar surface area (TPSA) is 0 Å². The molecule has 0 atom stereocenters. The Morgan fingerprint density at radius 3 is 2.12 bits per heavy atom. The van der Waals surface area contributed by atoms with Crippen molar-refractivity contribution in [3.05, 3.63) is 42.6 Å². The van der Waals surface area contributed by atoms with Gasteiger partial charge in [-0.1, -0.05) is 0 Å². The van der Waals surface area contributed by atoms with Crippen LogP contribution in [-0.4, -0.2) is 0 Å². The second kappa shape index (κ2) is 6.42. The van der Waals surface area contributed by atoms with Gasteiger partial charge in [0.25, 0.3) is 0 Å². The molecule has 0 spiro atoms. The Hall–Kier alpha value is 0.200. The first-order valence-corrected chi connectivity index (χ1v) is 13.5. The van der Waals surface area contributed by atoms with Crippen molar-refractivity contribution in [1.82, 2.24) is 0 Å². The summed E-state index contributed by atoms with van der Waals surface area (Å²) in [6, 6.07) is 6.60. The van der Waals surface area contributed by atoms with Crippen LogP contribution < -0.4 is 0 Å². The summed E-state index contributed by atoms with van der Waals surface area (Å²) in [6.07, 6.45) is 0. The summed E-state index contributed by atoms with van der Waals surface area (Å²) in [7, 11) is 0. The maximum Gasteiger partial charge on any atom is 0.0719 e. The zero-order valence-electron chi connectivity index (χ0n) is 11.7. The van der Waals surface area contributed by atoms with Gasteiger partial charge in [0.2, 0.25) is 0 Å². The zero-order valence-corrected chi connectivity index (χ0v) is 19.7. The second-order valence-corrected chi connectivity index (χ2v) is 13.1. The van der Waals surface area contributed by atoms with Crippen molar-refractivity contribution in [2.45, 2.75) is 0 Å². The van der Waals surface area contributed by atoms with E-state index in [9.17, 15) is 0 Å². The highest BCUT2D eigenvalue weighted by atomic mass is 79.9. The van der Waals surface area contributed by atoms with Crippen LogP contribution in [0.25, 0.3) is 37.6 Å². The van der Waals surface area contributed by atoms with Crippen LogP contribution in [0.1, 0.15) is 0 Å². The first kappa shape index (κ1) is 16.4. The molecule has 0 N–H and O–H groups in total. The highest BCUT2D eigenvalue weighted by molar-refractivity contribution is 9.11. The average molecular weight is 550 g/mol. The lowest BCUT2D eigenvalue weighted by Gasteiger charge is -1.75. The van der Waals surface area contributed by atoms with Crippen LogP contribution in [0.15, 0.2) is 42.6 Å². The molecule has 120 valence electrons. The first-order chi connectivity index (χ1) is 11.7. The van der Waals surface area contributed by atoms with Gasteiger partial charge < -0.3 is 0 Å². The van der Waals surface area contributed by atoms with Gasteiger partial charge in [-0.3, -0.25) is 0 Å². The van der Waals surface area contributed by atoms with Gasteiger partial charge in [0, 0.05) is 24.0 Å². The summed E-state index contributed by atoms with van der Waals surface area (Å²) in [5.74, 6) is 0. The minimum atomic E-state index is 1.24. The predicted molar refractivity (Wildman–Crippen MR) is 126 cm³/mol. The van der Waals surface area contributed by atoms with Crippen LogP contribution in [0.4, 0.5) is 0 Å². The molecule has 6 aromatic rings. The second-order valence-electron chi connectivity index (χ2n) is 4.92. The van der Waals surface area contributed by atoms with Crippen LogP contribution in [0, 0.1) is 0 Å². The summed E-state index contributed by atoms with van der Waals surface area (Å²) >= 11 is 18.2. The van der Waals surface area contributed by atoms with Crippen LogP contribution in [0.2, 0.25) is 0 Å². The minimum absolute atomic E-state index is 1.24. The molecule has 0 nitrogen and oxygen atoms in total. The van der Waals surface area contributed by atoms with Crippen LogP contribution in [0.3, 0.4) is 0 Å². The van der Waals surface area contributed by atoms with E-state index in [4.69, 9.17) is 0 Å². The third-order valence-corrected chi connectivity index (χ3v) is 12.2. The molecule has 0 aliphatic heterocycles. The van der Waals surface area contributed by atoms with Crippen molar-refractivity contribution in [2.75, 3.05) is 0 Å². The van der Waals surface area contributed by atoms with E-state index in [0.717, 1.165) is 0 Å². The minimum Gasteiger partial charge on any atom is -0.141 e. The fourth-order valence-corrected chi connectivity index (χ4v) is 11.2. The number of halogens is 2. The van der Waals surface area contributed by atoms with Gasteiger partial charge in [-0.05, 0) is 60.8 Å². The fraction of sp³-hybridized carbons (Fsp3) is 0. The van der Waals surface area contributed by atoms with E-state index in [-0.39, 0.29) is 0 Å². The van der Waals surface area contributed by atoms with Gasteiger partial charge in [0.1, 0.15) is 0 Å². The fourth-order valence-electron chi connectivity index (χ4n) is 2.47. The number of fused-ring (bicyclic) bond motifs is 6. The van der Waals surface area contributed by atoms with Crippen molar-refractivity contribution >= 4 is 137 Å². The SMILES string of the molecule is Brc1cc2sc3ccsc3c2s1.Brc1csc2c1sc1ccsc12. The molecular weight excluding hydrogens is 544 g/mol. The van der Waals surface area contributed by atoms with Gasteiger partial charge in [0.15, 0.2) is 0 Å². The van der Waals surface area contributed by atoms with Crippen molar-refractivity contribution in [3.8, 4) is 0 Å². The van der Waals surface area contributed by atoms with Crippen LogP contribution >= 0.6 is 99.9 Å². The van der Waals surface area contributed by atoms with E-state index < -0.39 is 0 Å². The molecule has 0 aliphatic carbocycles. The highest BCUT2D eigenvalue weighted by Gasteiger charge is 2.10. The Morgan fingerprint density at radius 2 is 1.33 bits per heavy atom. The van der Waals surface area contributed by atoms with Gasteiger partial charge >= 0.3 is 0 Å². The lowest BCUT2D eigenvalue weighted by atomic mass is 10.5. The Balaban J connectivity index is 0.000000109. The number of rotatable bonds is 0. The van der Waals surface area contributed by atoms with E-state index in [1.807, 2.05) is 68.0 Å². The smallest absolute Gasteiger partial charge is 0.0719 e. The van der Waals surface area contributed by atoms with E-state index in [1.54, 1.807) is 0 Å². The van der Waals surface area contributed by atoms with Gasteiger partial charge in [-0.15, -0.1) is 68.0 Å². The lowest BCUT2D eigenvalue weighted by Crippen LogP contribution is -1.44. The summed E-state index contributed by atoms with van der Waals surface area (Å²) in [5.41, 5.74) is 0. The third-order valence-electron chi connectivity index (χ3n) is 3.47. The van der Waals surface area contributed by atoms with E-state index in [2.05, 4.69) is 66.2 Å². The molecule has 6 rings (SSSR count). The van der Waals surface area contributed by atoms with Gasteiger partial charge in [0.05, 0.1) is 27.3 Å².